The lowest BCUT2D eigenvalue weighted by atomic mass is 9.64. The molecule has 3 N–H and O–H groups in total. The number of hydrogen-bond acceptors (Lipinski definition) is 4. The van der Waals surface area contributed by atoms with Crippen molar-refractivity contribution in [2.45, 2.75) is 39.3 Å². The van der Waals surface area contributed by atoms with Gasteiger partial charge in [0.05, 0.1) is 23.7 Å². The minimum Gasteiger partial charge on any atom is -0.388 e. The fraction of sp³-hybridized carbons (Fsp3) is 0.571. The van der Waals surface area contributed by atoms with Gasteiger partial charge in [-0.1, -0.05) is 26.1 Å². The second-order valence-electron chi connectivity index (χ2n) is 5.49. The Hall–Kier alpha value is -1.20. The summed E-state index contributed by atoms with van der Waals surface area (Å²) in [6.07, 6.45) is 3.13. The third-order valence-electron chi connectivity index (χ3n) is 3.90. The molecule has 0 spiro atoms. The van der Waals surface area contributed by atoms with Crippen LogP contribution < -0.4 is 11.1 Å². The second-order valence-corrected chi connectivity index (χ2v) is 5.93. The number of anilines is 1. The van der Waals surface area contributed by atoms with Crippen LogP contribution in [-0.2, 0) is 4.74 Å². The summed E-state index contributed by atoms with van der Waals surface area (Å²) in [6, 6.07) is 4.21. The topological polar surface area (TPSA) is 60.2 Å². The third-order valence-corrected chi connectivity index (χ3v) is 4.11. The van der Waals surface area contributed by atoms with Crippen molar-refractivity contribution in [1.29, 1.82) is 0 Å². The van der Waals surface area contributed by atoms with Crippen molar-refractivity contribution in [3.63, 3.8) is 0 Å². The molecule has 2 atom stereocenters. The molecule has 0 aliphatic heterocycles. The summed E-state index contributed by atoms with van der Waals surface area (Å²) in [5.41, 5.74) is 7.31. The maximum atomic E-state index is 5.72. The molecule has 19 heavy (non-hydrogen) atoms. The molecule has 0 radical (unpaired) electrons. The summed E-state index contributed by atoms with van der Waals surface area (Å²) in [7, 11) is 0. The van der Waals surface area contributed by atoms with Gasteiger partial charge in [-0.15, -0.1) is 0 Å². The molecule has 1 aliphatic carbocycles. The van der Waals surface area contributed by atoms with Gasteiger partial charge in [0.15, 0.2) is 0 Å². The predicted octanol–water partition coefficient (Wildman–Crippen LogP) is 2.33. The van der Waals surface area contributed by atoms with E-state index in [1.165, 1.54) is 0 Å². The van der Waals surface area contributed by atoms with E-state index in [2.05, 4.69) is 24.1 Å². The molecule has 0 saturated heterocycles. The normalized spacial score (nSPS) is 24.6. The van der Waals surface area contributed by atoms with Crippen molar-refractivity contribution >= 4 is 22.9 Å². The average Bonchev–Trinajstić information content (AvgIpc) is 2.38. The molecule has 1 saturated carbocycles. The Labute approximate surface area is 119 Å². The van der Waals surface area contributed by atoms with Crippen molar-refractivity contribution in [2.75, 3.05) is 11.9 Å². The lowest BCUT2D eigenvalue weighted by Crippen LogP contribution is -2.58. The molecule has 104 valence electrons. The zero-order valence-electron chi connectivity index (χ0n) is 11.6. The number of hydrogen-bond donors (Lipinski definition) is 2. The zero-order chi connectivity index (χ0) is 14.0. The van der Waals surface area contributed by atoms with Crippen LogP contribution in [0, 0.1) is 5.41 Å². The quantitative estimate of drug-likeness (QED) is 0.810. The number of pyridine rings is 1. The molecule has 1 fully saturated rings. The largest absolute Gasteiger partial charge is 0.388 e. The van der Waals surface area contributed by atoms with E-state index < -0.39 is 0 Å². The minimum absolute atomic E-state index is 0.137. The van der Waals surface area contributed by atoms with Crippen molar-refractivity contribution in [2.24, 2.45) is 11.1 Å². The van der Waals surface area contributed by atoms with E-state index in [-0.39, 0.29) is 5.41 Å². The maximum absolute atomic E-state index is 5.72. The SMILES string of the molecule is CCOC1CC(Nc2ccc(C(N)=S)nc2)C1(C)C. The van der Waals surface area contributed by atoms with Crippen molar-refractivity contribution in [3.8, 4) is 0 Å². The van der Waals surface area contributed by atoms with Crippen LogP contribution in [-0.4, -0.2) is 28.7 Å². The first kappa shape index (κ1) is 14.2. The molecule has 0 bridgehead atoms. The first-order valence-corrected chi connectivity index (χ1v) is 7.00. The molecule has 1 aliphatic rings. The molecule has 1 aromatic heterocycles. The Morgan fingerprint density at radius 3 is 2.79 bits per heavy atom. The van der Waals surface area contributed by atoms with E-state index in [1.807, 2.05) is 19.1 Å². The molecule has 1 heterocycles. The second kappa shape index (κ2) is 5.43. The average molecular weight is 279 g/mol. The highest BCUT2D eigenvalue weighted by molar-refractivity contribution is 7.80. The number of rotatable bonds is 5. The number of thiocarbonyl (C=S) groups is 1. The van der Waals surface area contributed by atoms with Gasteiger partial charge in [0.1, 0.15) is 4.99 Å². The van der Waals surface area contributed by atoms with Crippen LogP contribution in [0.15, 0.2) is 18.3 Å². The monoisotopic (exact) mass is 279 g/mol. The number of nitrogens with one attached hydrogen (secondary N) is 1. The van der Waals surface area contributed by atoms with E-state index in [0.29, 0.717) is 22.8 Å². The van der Waals surface area contributed by atoms with Gasteiger partial charge in [0, 0.05) is 18.1 Å². The molecule has 0 aromatic carbocycles. The molecule has 0 amide bonds. The number of ether oxygens (including phenoxy) is 1. The number of nitrogens with zero attached hydrogens (tertiary/aromatic N) is 1. The van der Waals surface area contributed by atoms with E-state index >= 15 is 0 Å². The lowest BCUT2D eigenvalue weighted by Gasteiger charge is -2.52. The van der Waals surface area contributed by atoms with Crippen molar-refractivity contribution < 1.29 is 4.74 Å². The first-order valence-electron chi connectivity index (χ1n) is 6.59. The smallest absolute Gasteiger partial charge is 0.122 e. The fourth-order valence-electron chi connectivity index (χ4n) is 2.44. The minimum atomic E-state index is 0.137. The van der Waals surface area contributed by atoms with E-state index in [9.17, 15) is 0 Å². The van der Waals surface area contributed by atoms with Gasteiger partial charge >= 0.3 is 0 Å². The summed E-state index contributed by atoms with van der Waals surface area (Å²) in [5.74, 6) is 0. The van der Waals surface area contributed by atoms with Crippen LogP contribution >= 0.6 is 12.2 Å². The summed E-state index contributed by atoms with van der Waals surface area (Å²) >= 11 is 4.89. The molecule has 4 nitrogen and oxygen atoms in total. The Morgan fingerprint density at radius 1 is 1.58 bits per heavy atom. The van der Waals surface area contributed by atoms with E-state index in [0.717, 1.165) is 18.7 Å². The van der Waals surface area contributed by atoms with Gasteiger partial charge in [0.2, 0.25) is 0 Å². The Balaban J connectivity index is 1.97. The van der Waals surface area contributed by atoms with Crippen LogP contribution in [0.5, 0.6) is 0 Å². The molecular weight excluding hydrogens is 258 g/mol. The van der Waals surface area contributed by atoms with Gasteiger partial charge in [-0.25, -0.2) is 0 Å². The molecule has 2 unspecified atom stereocenters. The highest BCUT2D eigenvalue weighted by Gasteiger charge is 2.48. The van der Waals surface area contributed by atoms with Crippen molar-refractivity contribution in [3.05, 3.63) is 24.0 Å². The summed E-state index contributed by atoms with van der Waals surface area (Å²) in [5, 5.41) is 3.50. The number of aromatic nitrogens is 1. The summed E-state index contributed by atoms with van der Waals surface area (Å²) in [6.45, 7) is 7.26. The van der Waals surface area contributed by atoms with Crippen LogP contribution in [0.1, 0.15) is 32.9 Å². The van der Waals surface area contributed by atoms with E-state index in [4.69, 9.17) is 22.7 Å². The molecule has 1 aromatic rings. The van der Waals surface area contributed by atoms with Crippen LogP contribution in [0.4, 0.5) is 5.69 Å². The summed E-state index contributed by atoms with van der Waals surface area (Å²) < 4.78 is 5.72. The van der Waals surface area contributed by atoms with Gasteiger partial charge in [-0.2, -0.15) is 0 Å². The van der Waals surface area contributed by atoms with Gasteiger partial charge in [-0.05, 0) is 25.5 Å². The first-order chi connectivity index (χ1) is 8.95. The molecule has 5 heteroatoms. The van der Waals surface area contributed by atoms with Gasteiger partial charge < -0.3 is 15.8 Å². The zero-order valence-corrected chi connectivity index (χ0v) is 12.5. The maximum Gasteiger partial charge on any atom is 0.122 e. The Kier molecular flexibility index (Phi) is 4.06. The van der Waals surface area contributed by atoms with Crippen molar-refractivity contribution in [1.82, 2.24) is 4.98 Å². The third kappa shape index (κ3) is 2.87. The Morgan fingerprint density at radius 2 is 2.32 bits per heavy atom. The van der Waals surface area contributed by atoms with Gasteiger partial charge in [0.25, 0.3) is 0 Å². The fourth-order valence-corrected chi connectivity index (χ4v) is 2.56. The lowest BCUT2D eigenvalue weighted by molar-refractivity contribution is -0.0976. The van der Waals surface area contributed by atoms with E-state index in [1.54, 1.807) is 6.20 Å². The highest BCUT2D eigenvalue weighted by atomic mass is 32.1. The standard InChI is InChI=1S/C14H21N3OS/c1-4-18-12-7-11(14(12,2)3)17-9-5-6-10(13(15)19)16-8-9/h5-6,8,11-12,17H,4,7H2,1-3H3,(H2,15,19). The number of nitrogens with two attached hydrogens (primary N) is 1. The predicted molar refractivity (Wildman–Crippen MR) is 81.3 cm³/mol. The van der Waals surface area contributed by atoms with Crippen LogP contribution in [0.3, 0.4) is 0 Å². The Bertz CT molecular complexity index is 458. The highest BCUT2D eigenvalue weighted by Crippen LogP contribution is 2.44. The van der Waals surface area contributed by atoms with Crippen LogP contribution in [0.25, 0.3) is 0 Å². The molecular formula is C14H21N3OS. The molecule has 2 rings (SSSR count). The van der Waals surface area contributed by atoms with Crippen LogP contribution in [0.2, 0.25) is 0 Å². The summed E-state index contributed by atoms with van der Waals surface area (Å²) in [4.78, 5) is 4.56. The van der Waals surface area contributed by atoms with Gasteiger partial charge in [-0.3, -0.25) is 4.98 Å².